The second-order valence-electron chi connectivity index (χ2n) is 6.00. The van der Waals surface area contributed by atoms with Crippen molar-refractivity contribution in [2.45, 2.75) is 20.0 Å². The van der Waals surface area contributed by atoms with Gasteiger partial charge in [-0.2, -0.15) is 0 Å². The summed E-state index contributed by atoms with van der Waals surface area (Å²) in [6, 6.07) is 6.14. The number of nitrogens with one attached hydrogen (secondary N) is 2. The molecule has 0 amide bonds. The molecule has 1 unspecified atom stereocenters. The molecule has 1 aromatic carbocycles. The van der Waals surface area contributed by atoms with Crippen molar-refractivity contribution >= 4 is 5.96 Å². The first-order chi connectivity index (χ1) is 10.5. The van der Waals surface area contributed by atoms with Crippen LogP contribution in [0, 0.1) is 11.2 Å². The van der Waals surface area contributed by atoms with Crippen molar-refractivity contribution in [3.8, 4) is 5.75 Å². The number of aliphatic imine (C=N–C) groups is 1. The molecule has 1 fully saturated rings. The zero-order valence-electron chi connectivity index (χ0n) is 13.4. The Morgan fingerprint density at radius 2 is 2.23 bits per heavy atom. The number of halogens is 1. The van der Waals surface area contributed by atoms with Crippen molar-refractivity contribution in [2.24, 2.45) is 10.4 Å². The predicted octanol–water partition coefficient (Wildman–Crippen LogP) is 1.79. The third kappa shape index (κ3) is 4.87. The van der Waals surface area contributed by atoms with Crippen LogP contribution in [0.4, 0.5) is 4.39 Å². The molecule has 1 heterocycles. The Bertz CT molecular complexity index is 518. The third-order valence-corrected chi connectivity index (χ3v) is 3.50. The van der Waals surface area contributed by atoms with Crippen molar-refractivity contribution in [3.05, 3.63) is 30.1 Å². The Hall–Kier alpha value is -1.82. The van der Waals surface area contributed by atoms with E-state index in [-0.39, 0.29) is 17.3 Å². The van der Waals surface area contributed by atoms with Crippen LogP contribution < -0.4 is 15.4 Å². The Morgan fingerprint density at radius 3 is 2.82 bits per heavy atom. The minimum atomic E-state index is -0.300. The maximum Gasteiger partial charge on any atom is 0.191 e. The van der Waals surface area contributed by atoms with Crippen molar-refractivity contribution in [3.63, 3.8) is 0 Å². The first-order valence-electron chi connectivity index (χ1n) is 7.45. The number of hydrogen-bond acceptors (Lipinski definition) is 3. The van der Waals surface area contributed by atoms with E-state index in [0.717, 1.165) is 25.7 Å². The number of hydrogen-bond donors (Lipinski definition) is 2. The summed E-state index contributed by atoms with van der Waals surface area (Å²) < 4.78 is 24.0. The van der Waals surface area contributed by atoms with Crippen LogP contribution in [-0.4, -0.2) is 45.4 Å². The summed E-state index contributed by atoms with van der Waals surface area (Å²) in [6.07, 6.45) is -0.108. The van der Waals surface area contributed by atoms with E-state index in [9.17, 15) is 4.39 Å². The molecule has 1 aliphatic heterocycles. The van der Waals surface area contributed by atoms with Gasteiger partial charge in [0.25, 0.3) is 0 Å². The lowest BCUT2D eigenvalue weighted by atomic mass is 9.89. The molecule has 1 saturated heterocycles. The molecule has 1 aliphatic rings. The molecule has 1 atom stereocenters. The lowest BCUT2D eigenvalue weighted by Crippen LogP contribution is -2.51. The molecule has 0 bridgehead atoms. The average molecular weight is 309 g/mol. The normalized spacial score (nSPS) is 18.3. The topological polar surface area (TPSA) is 54.9 Å². The molecule has 2 N–H and O–H groups in total. The van der Waals surface area contributed by atoms with Crippen LogP contribution in [0.2, 0.25) is 0 Å². The fourth-order valence-corrected chi connectivity index (χ4v) is 2.12. The van der Waals surface area contributed by atoms with Crippen molar-refractivity contribution in [1.29, 1.82) is 0 Å². The second kappa shape index (κ2) is 7.45. The van der Waals surface area contributed by atoms with Crippen LogP contribution in [-0.2, 0) is 4.74 Å². The molecule has 122 valence electrons. The molecule has 5 nitrogen and oxygen atoms in total. The van der Waals surface area contributed by atoms with Gasteiger partial charge in [0.1, 0.15) is 17.7 Å². The van der Waals surface area contributed by atoms with Crippen molar-refractivity contribution < 1.29 is 13.9 Å². The van der Waals surface area contributed by atoms with E-state index >= 15 is 0 Å². The number of guanidine groups is 1. The predicted molar refractivity (Wildman–Crippen MR) is 84.8 cm³/mol. The van der Waals surface area contributed by atoms with Gasteiger partial charge in [-0.3, -0.25) is 4.99 Å². The van der Waals surface area contributed by atoms with E-state index in [4.69, 9.17) is 9.47 Å². The van der Waals surface area contributed by atoms with E-state index in [1.54, 1.807) is 19.2 Å². The van der Waals surface area contributed by atoms with E-state index in [0.29, 0.717) is 12.3 Å². The number of nitrogens with zero attached hydrogens (tertiary/aromatic N) is 1. The average Bonchev–Trinajstić information content (AvgIpc) is 2.45. The van der Waals surface area contributed by atoms with Gasteiger partial charge >= 0.3 is 0 Å². The zero-order chi connectivity index (χ0) is 16.0. The van der Waals surface area contributed by atoms with Crippen LogP contribution >= 0.6 is 0 Å². The highest BCUT2D eigenvalue weighted by molar-refractivity contribution is 5.79. The smallest absolute Gasteiger partial charge is 0.191 e. The molecular formula is C16H24FN3O2. The first kappa shape index (κ1) is 16.5. The Kier molecular flexibility index (Phi) is 5.60. The molecule has 2 rings (SSSR count). The summed E-state index contributed by atoms with van der Waals surface area (Å²) >= 11 is 0. The van der Waals surface area contributed by atoms with Gasteiger partial charge in [-0.15, -0.1) is 0 Å². The molecule has 0 aliphatic carbocycles. The minimum Gasteiger partial charge on any atom is -0.489 e. The maximum absolute atomic E-state index is 13.1. The van der Waals surface area contributed by atoms with E-state index in [1.807, 2.05) is 6.92 Å². The molecule has 0 saturated carbocycles. The molecule has 22 heavy (non-hydrogen) atoms. The zero-order valence-corrected chi connectivity index (χ0v) is 13.4. The fourth-order valence-electron chi connectivity index (χ4n) is 2.12. The van der Waals surface area contributed by atoms with Gasteiger partial charge in [-0.1, -0.05) is 13.0 Å². The number of rotatable bonds is 6. The minimum absolute atomic E-state index is 0.108. The van der Waals surface area contributed by atoms with Gasteiger partial charge in [0, 0.05) is 25.1 Å². The molecule has 6 heteroatoms. The van der Waals surface area contributed by atoms with Gasteiger partial charge in [-0.25, -0.2) is 4.39 Å². The van der Waals surface area contributed by atoms with Gasteiger partial charge in [0.15, 0.2) is 5.96 Å². The highest BCUT2D eigenvalue weighted by atomic mass is 19.1. The quantitative estimate of drug-likeness (QED) is 0.621. The SMILES string of the molecule is CN=C(NCC(C)Oc1cccc(F)c1)NCC1(C)COC1. The largest absolute Gasteiger partial charge is 0.489 e. The van der Waals surface area contributed by atoms with E-state index < -0.39 is 0 Å². The summed E-state index contributed by atoms with van der Waals surface area (Å²) in [5, 5.41) is 6.49. The Labute approximate surface area is 130 Å². The van der Waals surface area contributed by atoms with Gasteiger partial charge in [-0.05, 0) is 19.1 Å². The summed E-state index contributed by atoms with van der Waals surface area (Å²) in [5.74, 6) is 0.949. The maximum atomic E-state index is 13.1. The number of benzene rings is 1. The summed E-state index contributed by atoms with van der Waals surface area (Å²) in [6.45, 7) is 7.03. The third-order valence-electron chi connectivity index (χ3n) is 3.50. The van der Waals surface area contributed by atoms with Gasteiger partial charge in [0.2, 0.25) is 0 Å². The van der Waals surface area contributed by atoms with Crippen LogP contribution in [0.3, 0.4) is 0 Å². The van der Waals surface area contributed by atoms with Gasteiger partial charge in [0.05, 0.1) is 19.8 Å². The molecule has 0 aromatic heterocycles. The van der Waals surface area contributed by atoms with Crippen molar-refractivity contribution in [2.75, 3.05) is 33.4 Å². The Morgan fingerprint density at radius 1 is 1.45 bits per heavy atom. The molecule has 0 spiro atoms. The first-order valence-corrected chi connectivity index (χ1v) is 7.45. The van der Waals surface area contributed by atoms with E-state index in [1.165, 1.54) is 12.1 Å². The van der Waals surface area contributed by atoms with Crippen molar-refractivity contribution in [1.82, 2.24) is 10.6 Å². The van der Waals surface area contributed by atoms with Gasteiger partial charge < -0.3 is 20.1 Å². The molecule has 0 radical (unpaired) electrons. The lowest BCUT2D eigenvalue weighted by Gasteiger charge is -2.38. The summed E-state index contributed by atoms with van der Waals surface area (Å²) in [4.78, 5) is 4.18. The fraction of sp³-hybridized carbons (Fsp3) is 0.562. The standard InChI is InChI=1S/C16H24FN3O2/c1-12(22-14-6-4-5-13(17)7-14)8-19-15(18-3)20-9-16(2)10-21-11-16/h4-7,12H,8-11H2,1-3H3,(H2,18,19,20). The molecular weight excluding hydrogens is 285 g/mol. The highest BCUT2D eigenvalue weighted by Gasteiger charge is 2.33. The van der Waals surface area contributed by atoms with Crippen LogP contribution in [0.5, 0.6) is 5.75 Å². The molecule has 1 aromatic rings. The van der Waals surface area contributed by atoms with Crippen LogP contribution in [0.1, 0.15) is 13.8 Å². The highest BCUT2D eigenvalue weighted by Crippen LogP contribution is 2.24. The Balaban J connectivity index is 1.72. The summed E-state index contributed by atoms with van der Waals surface area (Å²) in [5.41, 5.74) is 0.182. The second-order valence-corrected chi connectivity index (χ2v) is 6.00. The van der Waals surface area contributed by atoms with Crippen LogP contribution in [0.15, 0.2) is 29.3 Å². The van der Waals surface area contributed by atoms with Crippen LogP contribution in [0.25, 0.3) is 0 Å². The van der Waals surface area contributed by atoms with E-state index in [2.05, 4.69) is 22.5 Å². The number of ether oxygens (including phenoxy) is 2. The monoisotopic (exact) mass is 309 g/mol. The lowest BCUT2D eigenvalue weighted by molar-refractivity contribution is -0.0971. The summed E-state index contributed by atoms with van der Waals surface area (Å²) in [7, 11) is 1.73.